The van der Waals surface area contributed by atoms with E-state index in [1.807, 2.05) is 30.3 Å². The van der Waals surface area contributed by atoms with E-state index in [0.717, 1.165) is 5.56 Å². The number of carbonyl (C=O) groups is 1. The molecule has 0 aliphatic heterocycles. The highest BCUT2D eigenvalue weighted by Gasteiger charge is 2.17. The monoisotopic (exact) mass is 295 g/mol. The minimum Gasteiger partial charge on any atom is -0.341 e. The molecule has 0 aliphatic carbocycles. The first-order chi connectivity index (χ1) is 10.7. The topological polar surface area (TPSA) is 77.1 Å². The molecule has 2 aromatic rings. The molecule has 1 unspecified atom stereocenters. The summed E-state index contributed by atoms with van der Waals surface area (Å²) in [7, 11) is 0. The molecule has 22 heavy (non-hydrogen) atoms. The largest absolute Gasteiger partial charge is 0.341 e. The van der Waals surface area contributed by atoms with Crippen LogP contribution in [0.1, 0.15) is 22.0 Å². The van der Waals surface area contributed by atoms with Crippen LogP contribution in [0, 0.1) is 12.3 Å². The van der Waals surface area contributed by atoms with E-state index in [2.05, 4.69) is 11.2 Å². The van der Waals surface area contributed by atoms with Crippen molar-refractivity contribution in [2.45, 2.75) is 6.04 Å². The Morgan fingerprint density at radius 3 is 2.64 bits per heavy atom. The molecule has 1 aromatic carbocycles. The fourth-order valence-corrected chi connectivity index (χ4v) is 2.24. The predicted molar refractivity (Wildman–Crippen MR) is 85.5 cm³/mol. The summed E-state index contributed by atoms with van der Waals surface area (Å²) in [6.07, 6.45) is 6.73. The number of amides is 1. The molecule has 1 atom stereocenters. The number of terminal acetylenes is 1. The number of rotatable bonds is 5. The van der Waals surface area contributed by atoms with Crippen molar-refractivity contribution in [3.05, 3.63) is 70.1 Å². The summed E-state index contributed by atoms with van der Waals surface area (Å²) < 4.78 is 1.47. The van der Waals surface area contributed by atoms with Crippen LogP contribution in [-0.4, -0.2) is 23.6 Å². The maximum Gasteiger partial charge on any atom is 0.264 e. The van der Waals surface area contributed by atoms with Gasteiger partial charge in [0.1, 0.15) is 5.56 Å². The summed E-state index contributed by atoms with van der Waals surface area (Å²) in [5, 5.41) is 2.49. The van der Waals surface area contributed by atoms with Gasteiger partial charge in [-0.15, -0.1) is 6.42 Å². The van der Waals surface area contributed by atoms with Gasteiger partial charge in [0.15, 0.2) is 0 Å². The van der Waals surface area contributed by atoms with Gasteiger partial charge in [-0.1, -0.05) is 36.3 Å². The van der Waals surface area contributed by atoms with E-state index in [0.29, 0.717) is 0 Å². The highest BCUT2D eigenvalue weighted by atomic mass is 16.2. The molecule has 1 aromatic heterocycles. The molecular weight excluding hydrogens is 278 g/mol. The summed E-state index contributed by atoms with van der Waals surface area (Å²) in [5.74, 6) is 1.82. The molecule has 0 spiro atoms. The van der Waals surface area contributed by atoms with E-state index < -0.39 is 11.5 Å². The van der Waals surface area contributed by atoms with Crippen LogP contribution in [0.4, 0.5) is 0 Å². The molecular formula is C17H17N3O2. The van der Waals surface area contributed by atoms with Gasteiger partial charge in [0, 0.05) is 12.7 Å². The van der Waals surface area contributed by atoms with Crippen LogP contribution >= 0.6 is 0 Å². The minimum atomic E-state index is -0.485. The Labute approximate surface area is 128 Å². The van der Waals surface area contributed by atoms with Crippen molar-refractivity contribution in [2.75, 3.05) is 13.1 Å². The van der Waals surface area contributed by atoms with Crippen molar-refractivity contribution in [2.24, 2.45) is 5.73 Å². The van der Waals surface area contributed by atoms with E-state index in [-0.39, 0.29) is 24.7 Å². The zero-order valence-electron chi connectivity index (χ0n) is 12.0. The Morgan fingerprint density at radius 1 is 1.27 bits per heavy atom. The smallest absolute Gasteiger partial charge is 0.264 e. The molecule has 1 amide bonds. The van der Waals surface area contributed by atoms with Crippen LogP contribution in [0.25, 0.3) is 0 Å². The van der Waals surface area contributed by atoms with E-state index in [1.54, 1.807) is 12.3 Å². The van der Waals surface area contributed by atoms with E-state index in [1.165, 1.54) is 10.6 Å². The molecule has 0 saturated heterocycles. The molecule has 0 radical (unpaired) electrons. The lowest BCUT2D eigenvalue weighted by molar-refractivity contribution is 0.0956. The normalized spacial score (nSPS) is 11.5. The summed E-state index contributed by atoms with van der Waals surface area (Å²) in [4.78, 5) is 24.5. The van der Waals surface area contributed by atoms with Crippen molar-refractivity contribution in [1.82, 2.24) is 9.88 Å². The van der Waals surface area contributed by atoms with Crippen LogP contribution in [0.2, 0.25) is 0 Å². The number of pyridine rings is 1. The summed E-state index contributed by atoms with van der Waals surface area (Å²) in [6, 6.07) is 12.3. The quantitative estimate of drug-likeness (QED) is 0.800. The van der Waals surface area contributed by atoms with Gasteiger partial charge in [-0.05, 0) is 17.7 Å². The second-order valence-electron chi connectivity index (χ2n) is 4.68. The number of hydrogen-bond acceptors (Lipinski definition) is 3. The maximum atomic E-state index is 12.5. The molecule has 3 N–H and O–H groups in total. The molecule has 0 fully saturated rings. The van der Waals surface area contributed by atoms with E-state index in [9.17, 15) is 9.59 Å². The van der Waals surface area contributed by atoms with Crippen LogP contribution in [0.5, 0.6) is 0 Å². The zero-order valence-corrected chi connectivity index (χ0v) is 12.0. The summed E-state index contributed by atoms with van der Waals surface area (Å²) in [5.41, 5.74) is 6.39. The van der Waals surface area contributed by atoms with Crippen molar-refractivity contribution < 1.29 is 4.79 Å². The van der Waals surface area contributed by atoms with Gasteiger partial charge in [0.2, 0.25) is 0 Å². The second kappa shape index (κ2) is 7.25. The predicted octanol–water partition coefficient (Wildman–Crippen LogP) is 0.759. The van der Waals surface area contributed by atoms with Crippen LogP contribution in [-0.2, 0) is 0 Å². The average molecular weight is 295 g/mol. The maximum absolute atomic E-state index is 12.5. The number of aromatic nitrogens is 1. The molecule has 0 saturated carbocycles. The third-order valence-electron chi connectivity index (χ3n) is 3.31. The van der Waals surface area contributed by atoms with Gasteiger partial charge in [0.05, 0.1) is 12.6 Å². The van der Waals surface area contributed by atoms with Crippen molar-refractivity contribution in [3.63, 3.8) is 0 Å². The number of nitrogens with two attached hydrogens (primary N) is 1. The lowest BCUT2D eigenvalue weighted by atomic mass is 10.1. The SMILES string of the molecule is C#CCNC(=O)c1cccn(C(CN)c2ccccc2)c1=O. The third kappa shape index (κ3) is 3.25. The molecule has 0 bridgehead atoms. The van der Waals surface area contributed by atoms with Crippen molar-refractivity contribution in [3.8, 4) is 12.3 Å². The molecule has 112 valence electrons. The van der Waals surface area contributed by atoms with Crippen molar-refractivity contribution >= 4 is 5.91 Å². The molecule has 0 aliphatic rings. The summed E-state index contributed by atoms with van der Waals surface area (Å²) >= 11 is 0. The Bertz CT molecular complexity index is 744. The minimum absolute atomic E-state index is 0.0483. The highest BCUT2D eigenvalue weighted by molar-refractivity contribution is 5.93. The van der Waals surface area contributed by atoms with Gasteiger partial charge in [0.25, 0.3) is 11.5 Å². The molecule has 5 nitrogen and oxygen atoms in total. The second-order valence-corrected chi connectivity index (χ2v) is 4.68. The van der Waals surface area contributed by atoms with Crippen LogP contribution in [0.15, 0.2) is 53.5 Å². The number of nitrogens with one attached hydrogen (secondary N) is 1. The van der Waals surface area contributed by atoms with Gasteiger partial charge in [-0.2, -0.15) is 0 Å². The van der Waals surface area contributed by atoms with Crippen LogP contribution in [0.3, 0.4) is 0 Å². The molecule has 5 heteroatoms. The Kier molecular flexibility index (Phi) is 5.12. The zero-order chi connectivity index (χ0) is 15.9. The Balaban J connectivity index is 2.42. The Hall–Kier alpha value is -2.84. The number of nitrogens with zero attached hydrogens (tertiary/aromatic N) is 1. The van der Waals surface area contributed by atoms with E-state index in [4.69, 9.17) is 12.2 Å². The number of benzene rings is 1. The summed E-state index contributed by atoms with van der Waals surface area (Å²) in [6.45, 7) is 0.325. The first kappa shape index (κ1) is 15.5. The standard InChI is InChI=1S/C17H17N3O2/c1-2-10-19-16(21)14-9-6-11-20(17(14)22)15(12-18)13-7-4-3-5-8-13/h1,3-9,11,15H,10,12,18H2,(H,19,21). The fraction of sp³-hybridized carbons (Fsp3) is 0.176. The van der Waals surface area contributed by atoms with Gasteiger partial charge in [-0.25, -0.2) is 0 Å². The first-order valence-electron chi connectivity index (χ1n) is 6.87. The average Bonchev–Trinajstić information content (AvgIpc) is 2.56. The van der Waals surface area contributed by atoms with E-state index >= 15 is 0 Å². The molecule has 2 rings (SSSR count). The Morgan fingerprint density at radius 2 is 2.00 bits per heavy atom. The lowest BCUT2D eigenvalue weighted by Gasteiger charge is -2.19. The van der Waals surface area contributed by atoms with Crippen LogP contribution < -0.4 is 16.6 Å². The van der Waals surface area contributed by atoms with Gasteiger partial charge < -0.3 is 15.6 Å². The van der Waals surface area contributed by atoms with Gasteiger partial charge in [-0.3, -0.25) is 9.59 Å². The molecule has 1 heterocycles. The number of hydrogen-bond donors (Lipinski definition) is 2. The lowest BCUT2D eigenvalue weighted by Crippen LogP contribution is -2.36. The first-order valence-corrected chi connectivity index (χ1v) is 6.87. The fourth-order valence-electron chi connectivity index (χ4n) is 2.24. The van der Waals surface area contributed by atoms with Gasteiger partial charge >= 0.3 is 0 Å². The van der Waals surface area contributed by atoms with Crippen molar-refractivity contribution in [1.29, 1.82) is 0 Å². The third-order valence-corrected chi connectivity index (χ3v) is 3.31. The number of carbonyl (C=O) groups excluding carboxylic acids is 1. The highest BCUT2D eigenvalue weighted by Crippen LogP contribution is 2.15.